The summed E-state index contributed by atoms with van der Waals surface area (Å²) in [5, 5.41) is 13.7. The molecule has 0 radical (unpaired) electrons. The highest BCUT2D eigenvalue weighted by Crippen LogP contribution is 2.10. The molecule has 1 heterocycles. The molecule has 3 rings (SSSR count). The van der Waals surface area contributed by atoms with Crippen molar-refractivity contribution < 1.29 is 14.3 Å². The van der Waals surface area contributed by atoms with E-state index in [9.17, 15) is 9.59 Å². The minimum absolute atomic E-state index is 0.251. The first-order chi connectivity index (χ1) is 13.2. The molecule has 1 unspecified atom stereocenters. The van der Waals surface area contributed by atoms with E-state index < -0.39 is 12.0 Å². The molecule has 0 spiro atoms. The summed E-state index contributed by atoms with van der Waals surface area (Å²) in [5.41, 5.74) is 2.09. The van der Waals surface area contributed by atoms with Crippen molar-refractivity contribution in [2.45, 2.75) is 19.4 Å². The molecule has 0 saturated heterocycles. The van der Waals surface area contributed by atoms with Gasteiger partial charge >= 0.3 is 5.97 Å². The number of hydrogen-bond donors (Lipinski definition) is 1. The fourth-order valence-corrected chi connectivity index (χ4v) is 2.57. The molecule has 0 bridgehead atoms. The molecule has 0 fully saturated rings. The van der Waals surface area contributed by atoms with Gasteiger partial charge in [-0.2, -0.15) is 0 Å². The number of nitrogens with zero attached hydrogens (tertiary/aromatic N) is 4. The molecule has 2 aromatic carbocycles. The number of benzene rings is 2. The van der Waals surface area contributed by atoms with Crippen LogP contribution in [-0.2, 0) is 16.0 Å². The van der Waals surface area contributed by atoms with Crippen molar-refractivity contribution in [3.05, 3.63) is 72.1 Å². The number of hydrogen-bond acceptors (Lipinski definition) is 6. The maximum atomic E-state index is 12.6. The van der Waals surface area contributed by atoms with Crippen LogP contribution in [0.15, 0.2) is 60.9 Å². The van der Waals surface area contributed by atoms with Crippen molar-refractivity contribution in [3.8, 4) is 5.69 Å². The summed E-state index contributed by atoms with van der Waals surface area (Å²) in [5.74, 6) is -0.813. The monoisotopic (exact) mass is 365 g/mol. The van der Waals surface area contributed by atoms with Crippen LogP contribution in [-0.4, -0.2) is 44.7 Å². The average Bonchev–Trinajstić information content (AvgIpc) is 3.23. The van der Waals surface area contributed by atoms with Gasteiger partial charge < -0.3 is 10.1 Å². The predicted molar refractivity (Wildman–Crippen MR) is 97.2 cm³/mol. The molecule has 138 valence electrons. The van der Waals surface area contributed by atoms with Gasteiger partial charge in [-0.3, -0.25) is 4.79 Å². The second-order valence-corrected chi connectivity index (χ2v) is 5.77. The van der Waals surface area contributed by atoms with Crippen molar-refractivity contribution in [3.63, 3.8) is 0 Å². The molecule has 0 aliphatic carbocycles. The van der Waals surface area contributed by atoms with Gasteiger partial charge in [0.1, 0.15) is 12.4 Å². The highest BCUT2D eigenvalue weighted by atomic mass is 16.5. The Morgan fingerprint density at radius 2 is 1.85 bits per heavy atom. The molecule has 1 N–H and O–H groups in total. The van der Waals surface area contributed by atoms with Gasteiger partial charge in [-0.05, 0) is 47.2 Å². The number of carbonyl (C=O) groups excluding carboxylic acids is 2. The van der Waals surface area contributed by atoms with Crippen LogP contribution in [0.1, 0.15) is 22.8 Å². The summed E-state index contributed by atoms with van der Waals surface area (Å²) in [4.78, 5) is 24.8. The fraction of sp³-hybridized carbons (Fsp3) is 0.211. The quantitative estimate of drug-likeness (QED) is 0.638. The van der Waals surface area contributed by atoms with Gasteiger partial charge in [-0.25, -0.2) is 9.48 Å². The molecule has 1 atom stereocenters. The number of esters is 1. The molecule has 0 saturated carbocycles. The van der Waals surface area contributed by atoms with Crippen LogP contribution in [0.3, 0.4) is 0 Å². The fourth-order valence-electron chi connectivity index (χ4n) is 2.57. The molecule has 1 aromatic heterocycles. The lowest BCUT2D eigenvalue weighted by atomic mass is 10.1. The topological polar surface area (TPSA) is 99.0 Å². The molecule has 1 amide bonds. The third kappa shape index (κ3) is 4.75. The van der Waals surface area contributed by atoms with E-state index in [0.717, 1.165) is 11.3 Å². The minimum atomic E-state index is -0.765. The Morgan fingerprint density at radius 1 is 1.11 bits per heavy atom. The van der Waals surface area contributed by atoms with Gasteiger partial charge in [-0.15, -0.1) is 5.10 Å². The molecule has 8 heteroatoms. The number of ether oxygens (including phenoxy) is 1. The maximum absolute atomic E-state index is 12.6. The van der Waals surface area contributed by atoms with Crippen LogP contribution in [0.25, 0.3) is 5.69 Å². The molecule has 3 aromatic rings. The zero-order valence-electron chi connectivity index (χ0n) is 14.8. The smallest absolute Gasteiger partial charge is 0.328 e. The highest BCUT2D eigenvalue weighted by molar-refractivity contribution is 5.97. The molecular formula is C19H19N5O3. The van der Waals surface area contributed by atoms with Crippen LogP contribution in [0.5, 0.6) is 0 Å². The van der Waals surface area contributed by atoms with E-state index in [0.29, 0.717) is 12.0 Å². The molecule has 27 heavy (non-hydrogen) atoms. The number of carbonyl (C=O) groups is 2. The number of tetrazole rings is 1. The standard InChI is InChI=1S/C19H19N5O3/c1-2-27-19(26)17(12-14-6-4-3-5-7-14)21-18(25)15-8-10-16(11-9-15)24-13-20-22-23-24/h3-11,13,17H,2,12H2,1H3,(H,21,25). The van der Waals surface area contributed by atoms with Gasteiger partial charge in [0, 0.05) is 12.0 Å². The summed E-state index contributed by atoms with van der Waals surface area (Å²) < 4.78 is 6.59. The lowest BCUT2D eigenvalue weighted by Crippen LogP contribution is -2.43. The molecule has 8 nitrogen and oxygen atoms in total. The summed E-state index contributed by atoms with van der Waals surface area (Å²) in [6.45, 7) is 1.98. The van der Waals surface area contributed by atoms with Crippen LogP contribution in [0, 0.1) is 0 Å². The Labute approximate surface area is 156 Å². The van der Waals surface area contributed by atoms with Crippen molar-refractivity contribution >= 4 is 11.9 Å². The van der Waals surface area contributed by atoms with Gasteiger partial charge in [0.05, 0.1) is 12.3 Å². The first-order valence-corrected chi connectivity index (χ1v) is 8.52. The summed E-state index contributed by atoms with van der Waals surface area (Å²) in [6.07, 6.45) is 1.82. The minimum Gasteiger partial charge on any atom is -0.464 e. The Balaban J connectivity index is 1.72. The van der Waals surface area contributed by atoms with Crippen LogP contribution in [0.4, 0.5) is 0 Å². The van der Waals surface area contributed by atoms with Crippen molar-refractivity contribution in [2.75, 3.05) is 6.61 Å². The molecule has 0 aliphatic heterocycles. The van der Waals surface area contributed by atoms with E-state index in [1.54, 1.807) is 31.2 Å². The van der Waals surface area contributed by atoms with Crippen molar-refractivity contribution in [2.24, 2.45) is 0 Å². The third-order valence-electron chi connectivity index (χ3n) is 3.90. The molecule has 0 aliphatic rings. The SMILES string of the molecule is CCOC(=O)C(Cc1ccccc1)NC(=O)c1ccc(-n2cnnn2)cc1. The zero-order chi connectivity index (χ0) is 19.1. The lowest BCUT2D eigenvalue weighted by molar-refractivity contribution is -0.145. The van der Waals surface area contributed by atoms with Gasteiger partial charge in [0.25, 0.3) is 5.91 Å². The van der Waals surface area contributed by atoms with E-state index in [4.69, 9.17) is 4.74 Å². The third-order valence-corrected chi connectivity index (χ3v) is 3.90. The second kappa shape index (κ2) is 8.70. The lowest BCUT2D eigenvalue weighted by Gasteiger charge is -2.17. The van der Waals surface area contributed by atoms with Gasteiger partial charge in [0.15, 0.2) is 0 Å². The van der Waals surface area contributed by atoms with Crippen LogP contribution in [0.2, 0.25) is 0 Å². The maximum Gasteiger partial charge on any atom is 0.328 e. The van der Waals surface area contributed by atoms with E-state index in [2.05, 4.69) is 20.8 Å². The number of nitrogens with one attached hydrogen (secondary N) is 1. The van der Waals surface area contributed by atoms with E-state index >= 15 is 0 Å². The van der Waals surface area contributed by atoms with E-state index in [1.165, 1.54) is 11.0 Å². The summed E-state index contributed by atoms with van der Waals surface area (Å²) in [6, 6.07) is 15.5. The normalized spacial score (nSPS) is 11.6. The predicted octanol–water partition coefficient (Wildman–Crippen LogP) is 1.57. The van der Waals surface area contributed by atoms with Gasteiger partial charge in [-0.1, -0.05) is 30.3 Å². The Morgan fingerprint density at radius 3 is 2.48 bits per heavy atom. The zero-order valence-corrected chi connectivity index (χ0v) is 14.8. The van der Waals surface area contributed by atoms with Crippen molar-refractivity contribution in [1.29, 1.82) is 0 Å². The number of rotatable bonds is 7. The van der Waals surface area contributed by atoms with Crippen LogP contribution >= 0.6 is 0 Å². The number of amides is 1. The second-order valence-electron chi connectivity index (χ2n) is 5.77. The summed E-state index contributed by atoms with van der Waals surface area (Å²) >= 11 is 0. The van der Waals surface area contributed by atoms with Gasteiger partial charge in [0.2, 0.25) is 0 Å². The number of aromatic nitrogens is 4. The Bertz CT molecular complexity index is 879. The van der Waals surface area contributed by atoms with Crippen molar-refractivity contribution in [1.82, 2.24) is 25.5 Å². The Hall–Kier alpha value is -3.55. The average molecular weight is 365 g/mol. The Kier molecular flexibility index (Phi) is 5.88. The first-order valence-electron chi connectivity index (χ1n) is 8.52. The largest absolute Gasteiger partial charge is 0.464 e. The summed E-state index contributed by atoms with van der Waals surface area (Å²) in [7, 11) is 0. The molecular weight excluding hydrogens is 346 g/mol. The highest BCUT2D eigenvalue weighted by Gasteiger charge is 2.23. The van der Waals surface area contributed by atoms with E-state index in [1.807, 2.05) is 30.3 Å². The van der Waals surface area contributed by atoms with Crippen LogP contribution < -0.4 is 5.32 Å². The first kappa shape index (κ1) is 18.2. The van der Waals surface area contributed by atoms with E-state index in [-0.39, 0.29) is 12.5 Å².